The Morgan fingerprint density at radius 3 is 2.47 bits per heavy atom. The minimum atomic E-state index is 0.233. The summed E-state index contributed by atoms with van der Waals surface area (Å²) in [6, 6.07) is 12.8. The van der Waals surface area contributed by atoms with E-state index in [-0.39, 0.29) is 6.61 Å². The minimum Gasteiger partial charge on any atom is -0.396 e. The lowest BCUT2D eigenvalue weighted by Gasteiger charge is -2.06. The van der Waals surface area contributed by atoms with Crippen LogP contribution >= 0.6 is 11.8 Å². The van der Waals surface area contributed by atoms with Gasteiger partial charge in [-0.15, -0.1) is 11.8 Å². The molecule has 15 heavy (non-hydrogen) atoms. The summed E-state index contributed by atoms with van der Waals surface area (Å²) in [7, 11) is 0. The number of aliphatic hydroxyl groups is 1. The molecule has 2 aromatic rings. The maximum Gasteiger partial charge on any atom is 0.0525 e. The summed E-state index contributed by atoms with van der Waals surface area (Å²) in [5.74, 6) is 0.763. The summed E-state index contributed by atoms with van der Waals surface area (Å²) in [6.07, 6.45) is 0. The third kappa shape index (κ3) is 2.33. The lowest BCUT2D eigenvalue weighted by molar-refractivity contribution is 0.322. The van der Waals surface area contributed by atoms with E-state index in [2.05, 4.69) is 43.3 Å². The van der Waals surface area contributed by atoms with Gasteiger partial charge < -0.3 is 5.11 Å². The van der Waals surface area contributed by atoms with Crippen LogP contribution in [0.3, 0.4) is 0 Å². The molecule has 78 valence electrons. The summed E-state index contributed by atoms with van der Waals surface area (Å²) in [5.41, 5.74) is 1.28. The van der Waals surface area contributed by atoms with E-state index in [4.69, 9.17) is 5.11 Å². The lowest BCUT2D eigenvalue weighted by atomic mass is 10.1. The van der Waals surface area contributed by atoms with Crippen LogP contribution in [0.25, 0.3) is 10.8 Å². The van der Waals surface area contributed by atoms with Crippen molar-refractivity contribution < 1.29 is 5.11 Å². The Kier molecular flexibility index (Phi) is 3.29. The molecular weight excluding hydrogens is 204 g/mol. The third-order valence-corrected chi connectivity index (χ3v) is 3.53. The maximum atomic E-state index is 8.81. The van der Waals surface area contributed by atoms with Crippen LogP contribution in [0.15, 0.2) is 41.3 Å². The second kappa shape index (κ2) is 4.69. The fourth-order valence-corrected chi connectivity index (χ4v) is 2.45. The number of fused-ring (bicyclic) bond motifs is 1. The van der Waals surface area contributed by atoms with Crippen molar-refractivity contribution in [2.75, 3.05) is 12.4 Å². The van der Waals surface area contributed by atoms with Gasteiger partial charge in [0.1, 0.15) is 0 Å². The summed E-state index contributed by atoms with van der Waals surface area (Å²) in [6.45, 7) is 2.35. The van der Waals surface area contributed by atoms with Crippen LogP contribution in [0.2, 0.25) is 0 Å². The molecular formula is C13H14OS. The van der Waals surface area contributed by atoms with E-state index in [0.717, 1.165) is 5.75 Å². The van der Waals surface area contributed by atoms with Gasteiger partial charge in [0.05, 0.1) is 6.61 Å². The first-order valence-electron chi connectivity index (χ1n) is 5.04. The molecule has 0 saturated heterocycles. The zero-order valence-electron chi connectivity index (χ0n) is 8.73. The maximum absolute atomic E-state index is 8.81. The van der Waals surface area contributed by atoms with E-state index in [1.54, 1.807) is 11.8 Å². The van der Waals surface area contributed by atoms with Gasteiger partial charge in [0.25, 0.3) is 0 Å². The molecule has 0 fully saturated rings. The van der Waals surface area contributed by atoms with Gasteiger partial charge in [-0.1, -0.05) is 30.3 Å². The fraction of sp³-hybridized carbons (Fsp3) is 0.231. The molecule has 0 aromatic heterocycles. The van der Waals surface area contributed by atoms with Crippen molar-refractivity contribution in [1.82, 2.24) is 0 Å². The van der Waals surface area contributed by atoms with E-state index in [9.17, 15) is 0 Å². The van der Waals surface area contributed by atoms with Gasteiger partial charge in [-0.25, -0.2) is 0 Å². The molecule has 0 bridgehead atoms. The number of thioether (sulfide) groups is 1. The number of benzene rings is 2. The number of aliphatic hydroxyl groups excluding tert-OH is 1. The Bertz CT molecular complexity index is 465. The molecule has 0 heterocycles. The quantitative estimate of drug-likeness (QED) is 0.798. The highest BCUT2D eigenvalue weighted by Gasteiger charge is 2.01. The molecule has 2 heteroatoms. The molecule has 0 amide bonds. The molecule has 0 spiro atoms. The van der Waals surface area contributed by atoms with Crippen molar-refractivity contribution in [3.8, 4) is 0 Å². The minimum absolute atomic E-state index is 0.233. The van der Waals surface area contributed by atoms with Crippen molar-refractivity contribution >= 4 is 22.5 Å². The zero-order valence-corrected chi connectivity index (χ0v) is 9.55. The van der Waals surface area contributed by atoms with Crippen molar-refractivity contribution in [3.63, 3.8) is 0 Å². The van der Waals surface area contributed by atoms with Crippen LogP contribution in [0.1, 0.15) is 5.56 Å². The zero-order chi connectivity index (χ0) is 10.7. The predicted octanol–water partition coefficient (Wildman–Crippen LogP) is 3.23. The second-order valence-corrected chi connectivity index (χ2v) is 4.67. The summed E-state index contributed by atoms with van der Waals surface area (Å²) in [4.78, 5) is 1.27. The van der Waals surface area contributed by atoms with Gasteiger partial charge in [0, 0.05) is 10.6 Å². The highest BCUT2D eigenvalue weighted by Crippen LogP contribution is 2.27. The standard InChI is InChI=1S/C13H14OS/c1-10-8-11-4-2-3-5-12(11)9-13(10)15-7-6-14/h2-5,8-9,14H,6-7H2,1H3. The fourth-order valence-electron chi connectivity index (χ4n) is 1.64. The van der Waals surface area contributed by atoms with E-state index in [1.165, 1.54) is 21.2 Å². The Hall–Kier alpha value is -0.990. The third-order valence-electron chi connectivity index (χ3n) is 2.39. The highest BCUT2D eigenvalue weighted by molar-refractivity contribution is 7.99. The lowest BCUT2D eigenvalue weighted by Crippen LogP contribution is -1.88. The van der Waals surface area contributed by atoms with Gasteiger partial charge in [-0.3, -0.25) is 0 Å². The number of hydrogen-bond acceptors (Lipinski definition) is 2. The predicted molar refractivity (Wildman–Crippen MR) is 66.5 cm³/mol. The molecule has 0 atom stereocenters. The normalized spacial score (nSPS) is 10.8. The molecule has 0 aliphatic rings. The van der Waals surface area contributed by atoms with Crippen LogP contribution in [-0.4, -0.2) is 17.5 Å². The molecule has 2 rings (SSSR count). The van der Waals surface area contributed by atoms with Crippen LogP contribution in [0, 0.1) is 6.92 Å². The van der Waals surface area contributed by atoms with Crippen LogP contribution in [-0.2, 0) is 0 Å². The number of rotatable bonds is 3. The Morgan fingerprint density at radius 2 is 1.80 bits per heavy atom. The summed E-state index contributed by atoms with van der Waals surface area (Å²) in [5, 5.41) is 11.4. The smallest absolute Gasteiger partial charge is 0.0525 e. The second-order valence-electron chi connectivity index (χ2n) is 3.54. The molecule has 0 saturated carbocycles. The Balaban J connectivity index is 2.43. The van der Waals surface area contributed by atoms with E-state index in [0.29, 0.717) is 0 Å². The Labute approximate surface area is 94.1 Å². The molecule has 0 aliphatic carbocycles. The first-order chi connectivity index (χ1) is 7.31. The van der Waals surface area contributed by atoms with Gasteiger partial charge >= 0.3 is 0 Å². The van der Waals surface area contributed by atoms with Crippen LogP contribution in [0.4, 0.5) is 0 Å². The van der Waals surface area contributed by atoms with Crippen molar-refractivity contribution in [3.05, 3.63) is 42.0 Å². The van der Waals surface area contributed by atoms with Crippen LogP contribution in [0.5, 0.6) is 0 Å². The molecule has 0 aliphatic heterocycles. The van der Waals surface area contributed by atoms with Crippen LogP contribution < -0.4 is 0 Å². The molecule has 1 N–H and O–H groups in total. The molecule has 2 aromatic carbocycles. The average Bonchev–Trinajstić information content (AvgIpc) is 2.26. The molecule has 0 unspecified atom stereocenters. The summed E-state index contributed by atoms with van der Waals surface area (Å²) >= 11 is 1.71. The average molecular weight is 218 g/mol. The van der Waals surface area contributed by atoms with E-state index in [1.807, 2.05) is 0 Å². The van der Waals surface area contributed by atoms with Gasteiger partial charge in [0.2, 0.25) is 0 Å². The SMILES string of the molecule is Cc1cc2ccccc2cc1SCCO. The van der Waals surface area contributed by atoms with Crippen molar-refractivity contribution in [2.45, 2.75) is 11.8 Å². The Morgan fingerprint density at radius 1 is 1.13 bits per heavy atom. The topological polar surface area (TPSA) is 20.2 Å². The monoisotopic (exact) mass is 218 g/mol. The molecule has 0 radical (unpaired) electrons. The number of aryl methyl sites for hydroxylation is 1. The first kappa shape index (κ1) is 10.5. The van der Waals surface area contributed by atoms with Crippen molar-refractivity contribution in [1.29, 1.82) is 0 Å². The summed E-state index contributed by atoms with van der Waals surface area (Å²) < 4.78 is 0. The van der Waals surface area contributed by atoms with Gasteiger partial charge in [-0.2, -0.15) is 0 Å². The first-order valence-corrected chi connectivity index (χ1v) is 6.03. The molecule has 1 nitrogen and oxygen atoms in total. The highest BCUT2D eigenvalue weighted by atomic mass is 32.2. The van der Waals surface area contributed by atoms with Gasteiger partial charge in [-0.05, 0) is 29.3 Å². The van der Waals surface area contributed by atoms with E-state index < -0.39 is 0 Å². The van der Waals surface area contributed by atoms with Gasteiger partial charge in [0.15, 0.2) is 0 Å². The number of hydrogen-bond donors (Lipinski definition) is 1. The van der Waals surface area contributed by atoms with Crippen molar-refractivity contribution in [2.24, 2.45) is 0 Å². The largest absolute Gasteiger partial charge is 0.396 e. The van der Waals surface area contributed by atoms with E-state index >= 15 is 0 Å².